The van der Waals surface area contributed by atoms with E-state index in [9.17, 15) is 9.59 Å². The Morgan fingerprint density at radius 2 is 1.82 bits per heavy atom. The third-order valence-corrected chi connectivity index (χ3v) is 2.45. The lowest BCUT2D eigenvalue weighted by atomic mass is 10.1. The number of ketones is 1. The number of hydrogen-bond acceptors (Lipinski definition) is 3. The Labute approximate surface area is 101 Å². The molecule has 1 aromatic rings. The standard InChI is InChI=1S/C13H18N2O2/c1-9(2)12(16)8-15-13(17)7-10-3-5-11(14)6-4-10/h3-6,9H,7-8,14H2,1-2H3,(H,15,17). The first kappa shape index (κ1) is 13.2. The van der Waals surface area contributed by atoms with Crippen LogP contribution in [0.1, 0.15) is 19.4 Å². The van der Waals surface area contributed by atoms with Crippen molar-refractivity contribution < 1.29 is 9.59 Å². The van der Waals surface area contributed by atoms with Gasteiger partial charge in [0.05, 0.1) is 13.0 Å². The van der Waals surface area contributed by atoms with Crippen LogP contribution in [0, 0.1) is 5.92 Å². The van der Waals surface area contributed by atoms with Crippen molar-refractivity contribution in [3.8, 4) is 0 Å². The van der Waals surface area contributed by atoms with Crippen molar-refractivity contribution in [1.82, 2.24) is 5.32 Å². The van der Waals surface area contributed by atoms with E-state index >= 15 is 0 Å². The third-order valence-electron chi connectivity index (χ3n) is 2.45. The maximum absolute atomic E-state index is 11.5. The minimum absolute atomic E-state index is 0.0376. The number of amides is 1. The van der Waals surface area contributed by atoms with Crippen molar-refractivity contribution in [1.29, 1.82) is 0 Å². The minimum atomic E-state index is -0.149. The summed E-state index contributed by atoms with van der Waals surface area (Å²) in [5.74, 6) is -0.161. The monoisotopic (exact) mass is 234 g/mol. The van der Waals surface area contributed by atoms with Gasteiger partial charge in [-0.2, -0.15) is 0 Å². The molecule has 0 fully saturated rings. The van der Waals surface area contributed by atoms with E-state index in [1.165, 1.54) is 0 Å². The fourth-order valence-electron chi connectivity index (χ4n) is 1.27. The van der Waals surface area contributed by atoms with Gasteiger partial charge in [-0.3, -0.25) is 9.59 Å². The fourth-order valence-corrected chi connectivity index (χ4v) is 1.27. The van der Waals surface area contributed by atoms with Crippen LogP contribution in [0.15, 0.2) is 24.3 Å². The third kappa shape index (κ3) is 4.68. The molecule has 4 nitrogen and oxygen atoms in total. The average Bonchev–Trinajstić information content (AvgIpc) is 2.29. The van der Waals surface area contributed by atoms with Gasteiger partial charge >= 0.3 is 0 Å². The second-order valence-corrected chi connectivity index (χ2v) is 4.32. The van der Waals surface area contributed by atoms with Gasteiger partial charge in [-0.05, 0) is 17.7 Å². The molecule has 0 aliphatic heterocycles. The van der Waals surface area contributed by atoms with Gasteiger partial charge < -0.3 is 11.1 Å². The summed E-state index contributed by atoms with van der Waals surface area (Å²) in [6.45, 7) is 3.73. The molecule has 0 aliphatic rings. The first-order valence-electron chi connectivity index (χ1n) is 5.63. The van der Waals surface area contributed by atoms with Crippen LogP contribution in [0.4, 0.5) is 5.69 Å². The van der Waals surface area contributed by atoms with Crippen LogP contribution < -0.4 is 11.1 Å². The van der Waals surface area contributed by atoms with Crippen molar-refractivity contribution in [2.45, 2.75) is 20.3 Å². The summed E-state index contributed by atoms with van der Waals surface area (Å²) < 4.78 is 0. The van der Waals surface area contributed by atoms with Crippen molar-refractivity contribution in [2.24, 2.45) is 5.92 Å². The summed E-state index contributed by atoms with van der Waals surface area (Å²) in [6, 6.07) is 7.11. The van der Waals surface area contributed by atoms with Gasteiger partial charge in [0.15, 0.2) is 5.78 Å². The summed E-state index contributed by atoms with van der Waals surface area (Å²) in [6.07, 6.45) is 0.269. The molecule has 17 heavy (non-hydrogen) atoms. The number of rotatable bonds is 5. The summed E-state index contributed by atoms with van der Waals surface area (Å²) in [7, 11) is 0. The predicted octanol–water partition coefficient (Wildman–Crippen LogP) is 1.15. The number of nitrogens with two attached hydrogens (primary N) is 1. The van der Waals surface area contributed by atoms with Crippen LogP contribution in [0.2, 0.25) is 0 Å². The van der Waals surface area contributed by atoms with Gasteiger partial charge in [-0.15, -0.1) is 0 Å². The van der Waals surface area contributed by atoms with E-state index in [4.69, 9.17) is 5.73 Å². The van der Waals surface area contributed by atoms with E-state index in [2.05, 4.69) is 5.32 Å². The summed E-state index contributed by atoms with van der Waals surface area (Å²) in [4.78, 5) is 22.8. The lowest BCUT2D eigenvalue weighted by Gasteiger charge is -2.06. The minimum Gasteiger partial charge on any atom is -0.399 e. The molecule has 3 N–H and O–H groups in total. The lowest BCUT2D eigenvalue weighted by molar-refractivity contribution is -0.126. The van der Waals surface area contributed by atoms with Crippen molar-refractivity contribution in [3.05, 3.63) is 29.8 Å². The van der Waals surface area contributed by atoms with Gasteiger partial charge in [0, 0.05) is 11.6 Å². The largest absolute Gasteiger partial charge is 0.399 e. The number of nitrogen functional groups attached to an aromatic ring is 1. The number of nitrogens with one attached hydrogen (secondary N) is 1. The summed E-state index contributed by atoms with van der Waals surface area (Å²) >= 11 is 0. The molecule has 0 spiro atoms. The Kier molecular flexibility index (Phi) is 4.69. The molecular weight excluding hydrogens is 216 g/mol. The van der Waals surface area contributed by atoms with E-state index in [0.717, 1.165) is 5.56 Å². The first-order chi connectivity index (χ1) is 7.99. The second-order valence-electron chi connectivity index (χ2n) is 4.32. The highest BCUT2D eigenvalue weighted by Gasteiger charge is 2.09. The number of anilines is 1. The number of carbonyl (C=O) groups excluding carboxylic acids is 2. The molecule has 0 radical (unpaired) electrons. The molecule has 0 aromatic heterocycles. The van der Waals surface area contributed by atoms with Gasteiger partial charge in [-0.25, -0.2) is 0 Å². The Hall–Kier alpha value is -1.84. The van der Waals surface area contributed by atoms with E-state index in [0.29, 0.717) is 5.69 Å². The summed E-state index contributed by atoms with van der Waals surface area (Å²) in [5, 5.41) is 2.61. The number of benzene rings is 1. The molecule has 4 heteroatoms. The maximum atomic E-state index is 11.5. The molecule has 1 amide bonds. The van der Waals surface area contributed by atoms with Gasteiger partial charge in [0.1, 0.15) is 0 Å². The van der Waals surface area contributed by atoms with Crippen LogP contribution >= 0.6 is 0 Å². The molecule has 92 valence electrons. The predicted molar refractivity (Wildman–Crippen MR) is 67.4 cm³/mol. The zero-order chi connectivity index (χ0) is 12.8. The van der Waals surface area contributed by atoms with Gasteiger partial charge in [-0.1, -0.05) is 26.0 Å². The molecule has 0 heterocycles. The molecule has 0 aliphatic carbocycles. The highest BCUT2D eigenvalue weighted by molar-refractivity contribution is 5.87. The zero-order valence-electron chi connectivity index (χ0n) is 10.2. The molecule has 0 saturated carbocycles. The molecule has 0 unspecified atom stereocenters. The topological polar surface area (TPSA) is 72.2 Å². The van der Waals surface area contributed by atoms with E-state index in [1.807, 2.05) is 13.8 Å². The van der Waals surface area contributed by atoms with Crippen molar-refractivity contribution in [3.63, 3.8) is 0 Å². The molecule has 1 aromatic carbocycles. The van der Waals surface area contributed by atoms with Crippen LogP contribution in [0.5, 0.6) is 0 Å². The lowest BCUT2D eigenvalue weighted by Crippen LogP contribution is -2.32. The van der Waals surface area contributed by atoms with Crippen LogP contribution in [-0.2, 0) is 16.0 Å². The highest BCUT2D eigenvalue weighted by atomic mass is 16.2. The highest BCUT2D eigenvalue weighted by Crippen LogP contribution is 2.05. The Morgan fingerprint density at radius 1 is 1.24 bits per heavy atom. The van der Waals surface area contributed by atoms with E-state index < -0.39 is 0 Å². The Morgan fingerprint density at radius 3 is 2.35 bits per heavy atom. The zero-order valence-corrected chi connectivity index (χ0v) is 10.2. The first-order valence-corrected chi connectivity index (χ1v) is 5.63. The van der Waals surface area contributed by atoms with Crippen LogP contribution in [0.3, 0.4) is 0 Å². The SMILES string of the molecule is CC(C)C(=O)CNC(=O)Cc1ccc(N)cc1. The number of hydrogen-bond donors (Lipinski definition) is 2. The summed E-state index contributed by atoms with van der Waals surface area (Å²) in [5.41, 5.74) is 7.10. The maximum Gasteiger partial charge on any atom is 0.224 e. The molecule has 0 saturated heterocycles. The molecular formula is C13H18N2O2. The van der Waals surface area contributed by atoms with E-state index in [1.54, 1.807) is 24.3 Å². The van der Waals surface area contributed by atoms with Crippen molar-refractivity contribution in [2.75, 3.05) is 12.3 Å². The Bertz CT molecular complexity index is 396. The number of Topliss-reactive ketones (excluding diaryl/α,β-unsaturated/α-hetero) is 1. The van der Waals surface area contributed by atoms with Gasteiger partial charge in [0.25, 0.3) is 0 Å². The second kappa shape index (κ2) is 6.03. The molecule has 0 atom stereocenters. The quantitative estimate of drug-likeness (QED) is 0.751. The van der Waals surface area contributed by atoms with E-state index in [-0.39, 0.29) is 30.6 Å². The van der Waals surface area contributed by atoms with Crippen molar-refractivity contribution >= 4 is 17.4 Å². The van der Waals surface area contributed by atoms with Crippen LogP contribution in [0.25, 0.3) is 0 Å². The molecule has 1 rings (SSSR count). The van der Waals surface area contributed by atoms with Crippen LogP contribution in [-0.4, -0.2) is 18.2 Å². The average molecular weight is 234 g/mol. The Balaban J connectivity index is 2.40. The van der Waals surface area contributed by atoms with Gasteiger partial charge in [0.2, 0.25) is 5.91 Å². The fraction of sp³-hybridized carbons (Fsp3) is 0.385. The number of carbonyl (C=O) groups is 2. The molecule has 0 bridgehead atoms. The normalized spacial score (nSPS) is 10.3. The smallest absolute Gasteiger partial charge is 0.224 e.